The molecule has 3 aromatic rings. The van der Waals surface area contributed by atoms with Gasteiger partial charge < -0.3 is 10.1 Å². The van der Waals surface area contributed by atoms with Gasteiger partial charge in [0.15, 0.2) is 17.1 Å². The second kappa shape index (κ2) is 10.7. The number of benzene rings is 1. The predicted octanol–water partition coefficient (Wildman–Crippen LogP) is 5.35. The van der Waals surface area contributed by atoms with Crippen LogP contribution in [0, 0.1) is 6.92 Å². The molecule has 1 atom stereocenters. The Morgan fingerprint density at radius 3 is 2.81 bits per heavy atom. The third-order valence-electron chi connectivity index (χ3n) is 4.19. The minimum atomic E-state index is -0.366. The van der Waals surface area contributed by atoms with E-state index in [1.807, 2.05) is 30.5 Å². The number of hydrogen-bond acceptors (Lipinski definition) is 6. The van der Waals surface area contributed by atoms with E-state index in [0.29, 0.717) is 39.1 Å². The average molecular weight is 478 g/mol. The molecule has 0 aliphatic rings. The maximum atomic E-state index is 12.3. The second-order valence-electron chi connectivity index (χ2n) is 6.61. The van der Waals surface area contributed by atoms with E-state index in [-0.39, 0.29) is 17.8 Å². The number of nitrogens with one attached hydrogen (secondary N) is 1. The highest BCUT2D eigenvalue weighted by atomic mass is 35.5. The number of aryl methyl sites for hydroxylation is 1. The summed E-state index contributed by atoms with van der Waals surface area (Å²) in [4.78, 5) is 16.3. The van der Waals surface area contributed by atoms with Crippen LogP contribution in [-0.2, 0) is 11.3 Å². The minimum absolute atomic E-state index is 0.144. The van der Waals surface area contributed by atoms with E-state index in [4.69, 9.17) is 27.9 Å². The predicted molar refractivity (Wildman–Crippen MR) is 124 cm³/mol. The molecule has 2 aromatic heterocycles. The fraction of sp³-hybridized carbons (Fsp3) is 0.238. The standard InChI is InChI=1S/C21H21Cl2N5O2S/c1-4-9-28-20(14(3)30-16-6-7-17(23)13(2)10-16)26-27-21(28)31-12-19(29)25-18-8-5-15(22)11-24-18/h4-8,10-11,14H,1,9,12H2,2-3H3,(H,24,25,29). The summed E-state index contributed by atoms with van der Waals surface area (Å²) in [7, 11) is 0. The Hall–Kier alpha value is -2.55. The molecular weight excluding hydrogens is 457 g/mol. The fourth-order valence-electron chi connectivity index (χ4n) is 2.71. The van der Waals surface area contributed by atoms with Gasteiger partial charge in [0.05, 0.1) is 10.8 Å². The number of carbonyl (C=O) groups is 1. The number of aromatic nitrogens is 4. The summed E-state index contributed by atoms with van der Waals surface area (Å²) in [6, 6.07) is 8.78. The zero-order valence-corrected chi connectivity index (χ0v) is 19.3. The van der Waals surface area contributed by atoms with Crippen LogP contribution in [0.2, 0.25) is 10.0 Å². The summed E-state index contributed by atoms with van der Waals surface area (Å²) in [6.07, 6.45) is 2.85. The van der Waals surface area contributed by atoms with Crippen LogP contribution in [0.3, 0.4) is 0 Å². The molecule has 31 heavy (non-hydrogen) atoms. The molecule has 7 nitrogen and oxygen atoms in total. The van der Waals surface area contributed by atoms with Crippen molar-refractivity contribution in [2.24, 2.45) is 0 Å². The summed E-state index contributed by atoms with van der Waals surface area (Å²) in [5, 5.41) is 13.0. The van der Waals surface area contributed by atoms with Crippen LogP contribution in [0.4, 0.5) is 5.82 Å². The molecule has 0 spiro atoms. The molecule has 1 N–H and O–H groups in total. The molecule has 1 unspecified atom stereocenters. The van der Waals surface area contributed by atoms with Gasteiger partial charge in [-0.15, -0.1) is 16.8 Å². The van der Waals surface area contributed by atoms with Crippen LogP contribution in [0.15, 0.2) is 54.3 Å². The van der Waals surface area contributed by atoms with Crippen LogP contribution in [0.25, 0.3) is 0 Å². The number of hydrogen-bond donors (Lipinski definition) is 1. The lowest BCUT2D eigenvalue weighted by atomic mass is 10.2. The van der Waals surface area contributed by atoms with Crippen molar-refractivity contribution in [3.63, 3.8) is 0 Å². The quantitative estimate of drug-likeness (QED) is 0.330. The normalized spacial score (nSPS) is 11.7. The van der Waals surface area contributed by atoms with Crippen molar-refractivity contribution in [3.8, 4) is 5.75 Å². The molecule has 1 amide bonds. The van der Waals surface area contributed by atoms with Gasteiger partial charge in [0.2, 0.25) is 5.91 Å². The van der Waals surface area contributed by atoms with E-state index in [1.165, 1.54) is 18.0 Å². The fourth-order valence-corrected chi connectivity index (χ4v) is 3.70. The summed E-state index contributed by atoms with van der Waals surface area (Å²) in [5.41, 5.74) is 0.927. The first-order valence-corrected chi connectivity index (χ1v) is 11.1. The van der Waals surface area contributed by atoms with E-state index in [1.54, 1.807) is 24.3 Å². The number of nitrogens with zero attached hydrogens (tertiary/aromatic N) is 4. The third-order valence-corrected chi connectivity index (χ3v) is 5.80. The lowest BCUT2D eigenvalue weighted by Crippen LogP contribution is -2.16. The van der Waals surface area contributed by atoms with E-state index in [9.17, 15) is 4.79 Å². The van der Waals surface area contributed by atoms with Crippen LogP contribution >= 0.6 is 35.0 Å². The molecule has 0 aliphatic heterocycles. The number of carbonyl (C=O) groups excluding carboxylic acids is 1. The van der Waals surface area contributed by atoms with E-state index >= 15 is 0 Å². The van der Waals surface area contributed by atoms with Gasteiger partial charge in [-0.2, -0.15) is 0 Å². The lowest BCUT2D eigenvalue weighted by molar-refractivity contribution is -0.113. The smallest absolute Gasteiger partial charge is 0.236 e. The number of rotatable bonds is 9. The molecule has 0 bridgehead atoms. The number of allylic oxidation sites excluding steroid dienone is 1. The van der Waals surface area contributed by atoms with Gasteiger partial charge in [0, 0.05) is 17.8 Å². The highest BCUT2D eigenvalue weighted by Crippen LogP contribution is 2.27. The summed E-state index contributed by atoms with van der Waals surface area (Å²) >= 11 is 13.2. The largest absolute Gasteiger partial charge is 0.483 e. The van der Waals surface area contributed by atoms with Gasteiger partial charge in [0.1, 0.15) is 11.6 Å². The Bertz CT molecular complexity index is 1070. The maximum Gasteiger partial charge on any atom is 0.236 e. The van der Waals surface area contributed by atoms with Crippen molar-refractivity contribution in [2.75, 3.05) is 11.1 Å². The van der Waals surface area contributed by atoms with E-state index in [2.05, 4.69) is 27.1 Å². The lowest BCUT2D eigenvalue weighted by Gasteiger charge is -2.16. The molecule has 3 rings (SSSR count). The molecule has 1 aromatic carbocycles. The van der Waals surface area contributed by atoms with Gasteiger partial charge in [-0.1, -0.05) is 41.0 Å². The SMILES string of the molecule is C=CCn1c(SCC(=O)Nc2ccc(Cl)cn2)nnc1C(C)Oc1ccc(Cl)c(C)c1. The highest BCUT2D eigenvalue weighted by Gasteiger charge is 2.20. The first-order chi connectivity index (χ1) is 14.9. The zero-order chi connectivity index (χ0) is 22.4. The molecule has 0 aliphatic carbocycles. The van der Waals surface area contributed by atoms with Gasteiger partial charge in [-0.05, 0) is 49.7 Å². The van der Waals surface area contributed by atoms with Crippen molar-refractivity contribution >= 4 is 46.7 Å². The summed E-state index contributed by atoms with van der Waals surface area (Å²) in [5.74, 6) is 1.69. The number of thioether (sulfide) groups is 1. The molecule has 0 saturated heterocycles. The number of halogens is 2. The minimum Gasteiger partial charge on any atom is -0.483 e. The van der Waals surface area contributed by atoms with Crippen molar-refractivity contribution in [2.45, 2.75) is 31.7 Å². The van der Waals surface area contributed by atoms with Crippen LogP contribution in [-0.4, -0.2) is 31.4 Å². The van der Waals surface area contributed by atoms with Gasteiger partial charge in [0.25, 0.3) is 0 Å². The Kier molecular flexibility index (Phi) is 7.95. The Labute approximate surface area is 194 Å². The van der Waals surface area contributed by atoms with Crippen LogP contribution in [0.5, 0.6) is 5.75 Å². The average Bonchev–Trinajstić information content (AvgIpc) is 3.14. The molecule has 162 valence electrons. The Morgan fingerprint density at radius 1 is 1.32 bits per heavy atom. The first-order valence-electron chi connectivity index (χ1n) is 9.38. The highest BCUT2D eigenvalue weighted by molar-refractivity contribution is 7.99. The van der Waals surface area contributed by atoms with Gasteiger partial charge in [-0.25, -0.2) is 4.98 Å². The topological polar surface area (TPSA) is 81.9 Å². The molecule has 0 radical (unpaired) electrons. The number of ether oxygens (including phenoxy) is 1. The zero-order valence-electron chi connectivity index (χ0n) is 17.0. The number of pyridine rings is 1. The van der Waals surface area contributed by atoms with Gasteiger partial charge in [-0.3, -0.25) is 9.36 Å². The molecule has 0 fully saturated rings. The number of anilines is 1. The molecular formula is C21H21Cl2N5O2S. The summed E-state index contributed by atoms with van der Waals surface area (Å²) in [6.45, 7) is 8.09. The molecule has 0 saturated carbocycles. The monoisotopic (exact) mass is 477 g/mol. The van der Waals surface area contributed by atoms with E-state index < -0.39 is 0 Å². The summed E-state index contributed by atoms with van der Waals surface area (Å²) < 4.78 is 7.90. The third kappa shape index (κ3) is 6.22. The van der Waals surface area contributed by atoms with Crippen molar-refractivity contribution in [3.05, 3.63) is 70.6 Å². The Balaban J connectivity index is 1.67. The Morgan fingerprint density at radius 2 is 2.13 bits per heavy atom. The van der Waals surface area contributed by atoms with Gasteiger partial charge >= 0.3 is 0 Å². The number of amides is 1. The molecule has 10 heteroatoms. The van der Waals surface area contributed by atoms with Crippen LogP contribution < -0.4 is 10.1 Å². The van der Waals surface area contributed by atoms with Crippen molar-refractivity contribution in [1.29, 1.82) is 0 Å². The molecule has 2 heterocycles. The van der Waals surface area contributed by atoms with E-state index in [0.717, 1.165) is 5.56 Å². The second-order valence-corrected chi connectivity index (χ2v) is 8.40. The van der Waals surface area contributed by atoms with Crippen molar-refractivity contribution < 1.29 is 9.53 Å². The van der Waals surface area contributed by atoms with Crippen LogP contribution in [0.1, 0.15) is 24.4 Å². The van der Waals surface area contributed by atoms with Crippen molar-refractivity contribution in [1.82, 2.24) is 19.7 Å². The maximum absolute atomic E-state index is 12.3. The first kappa shape index (κ1) is 23.1.